The molecule has 3 heterocycles. The highest BCUT2D eigenvalue weighted by Gasteiger charge is 2.54. The monoisotopic (exact) mass is 741 g/mol. The Hall–Kier alpha value is -4.93. The number of esters is 3. The fourth-order valence-corrected chi connectivity index (χ4v) is 6.80. The van der Waals surface area contributed by atoms with Crippen molar-refractivity contribution in [2.24, 2.45) is 10.6 Å². The number of fused-ring (bicyclic) bond motifs is 1. The highest BCUT2D eigenvalue weighted by molar-refractivity contribution is 8.00. The first kappa shape index (κ1) is 36.4. The van der Waals surface area contributed by atoms with Gasteiger partial charge < -0.3 is 30.1 Å². The van der Waals surface area contributed by atoms with Gasteiger partial charge in [0.2, 0.25) is 13.4 Å². The number of carbonyl (C=O) groups excluding carboxylic acids is 5. The van der Waals surface area contributed by atoms with Crippen LogP contribution in [0.5, 0.6) is 0 Å². The number of β-lactam (4-membered cyclic amide) rings is 1. The van der Waals surface area contributed by atoms with E-state index in [1.54, 1.807) is 20.8 Å². The highest BCUT2D eigenvalue weighted by Crippen LogP contribution is 2.41. The molecule has 2 atom stereocenters. The Bertz CT molecular complexity index is 1790. The molecule has 2 aliphatic heterocycles. The van der Waals surface area contributed by atoms with E-state index >= 15 is 0 Å². The second kappa shape index (κ2) is 15.7. The molecule has 0 radical (unpaired) electrons. The standard InChI is InChI=1S/C33H32ClN5O9S2/c1-33(2,3)31(44)46-17-45-30(43)25-20(34)15-49-29-24(28(42)39(25)29)37-27(41)23(21-16-50-32(35)36-21)38-47-14-22(40)48-26(18-10-6-4-7-11-18)19-12-8-5-9-13-19/h4-13,16,24,26,29H,14-15,17H2,1-3H3,(H2,35,36)(H,37,41)/b38-23+/t24?,29-/m1/s1. The summed E-state index contributed by atoms with van der Waals surface area (Å²) in [5.74, 6) is -3.69. The van der Waals surface area contributed by atoms with E-state index in [0.717, 1.165) is 27.4 Å². The molecule has 2 aliphatic rings. The zero-order valence-electron chi connectivity index (χ0n) is 27.0. The Kier molecular flexibility index (Phi) is 11.4. The number of nitrogen functional groups attached to an aromatic ring is 1. The predicted molar refractivity (Wildman–Crippen MR) is 184 cm³/mol. The highest BCUT2D eigenvalue weighted by atomic mass is 35.5. The first-order valence-electron chi connectivity index (χ1n) is 15.0. The molecule has 262 valence electrons. The van der Waals surface area contributed by atoms with E-state index in [-0.39, 0.29) is 33.0 Å². The van der Waals surface area contributed by atoms with E-state index in [0.29, 0.717) is 0 Å². The molecule has 1 saturated heterocycles. The number of halogens is 1. The summed E-state index contributed by atoms with van der Waals surface area (Å²) in [6.07, 6.45) is -0.720. The van der Waals surface area contributed by atoms with Crippen molar-refractivity contribution in [2.75, 3.05) is 24.9 Å². The van der Waals surface area contributed by atoms with E-state index in [9.17, 15) is 24.0 Å². The molecule has 2 amide bonds. The summed E-state index contributed by atoms with van der Waals surface area (Å²) in [6.45, 7) is 3.59. The predicted octanol–water partition coefficient (Wildman–Crippen LogP) is 3.72. The number of rotatable bonds is 12. The molecule has 14 nitrogen and oxygen atoms in total. The van der Waals surface area contributed by atoms with Crippen molar-refractivity contribution >= 4 is 75.3 Å². The summed E-state index contributed by atoms with van der Waals surface area (Å²) in [4.78, 5) is 75.0. The lowest BCUT2D eigenvalue weighted by molar-refractivity contribution is -0.173. The van der Waals surface area contributed by atoms with Gasteiger partial charge in [-0.25, -0.2) is 14.6 Å². The second-order valence-electron chi connectivity index (χ2n) is 11.8. The van der Waals surface area contributed by atoms with Crippen LogP contribution in [0.4, 0.5) is 5.13 Å². The maximum Gasteiger partial charge on any atom is 0.359 e. The maximum absolute atomic E-state index is 13.5. The number of ether oxygens (including phenoxy) is 3. The topological polar surface area (TPSA) is 189 Å². The van der Waals surface area contributed by atoms with E-state index in [4.69, 9.17) is 36.4 Å². The minimum absolute atomic E-state index is 0.0433. The van der Waals surface area contributed by atoms with Gasteiger partial charge in [0.05, 0.1) is 10.4 Å². The molecule has 1 fully saturated rings. The first-order valence-corrected chi connectivity index (χ1v) is 17.3. The largest absolute Gasteiger partial charge is 0.450 e. The Labute approximate surface area is 299 Å². The molecule has 0 saturated carbocycles. The van der Waals surface area contributed by atoms with Crippen molar-refractivity contribution in [1.29, 1.82) is 0 Å². The van der Waals surface area contributed by atoms with Gasteiger partial charge >= 0.3 is 17.9 Å². The lowest BCUT2D eigenvalue weighted by Gasteiger charge is -2.49. The summed E-state index contributed by atoms with van der Waals surface area (Å²) in [5.41, 5.74) is 5.93. The fourth-order valence-electron chi connectivity index (χ4n) is 4.70. The lowest BCUT2D eigenvalue weighted by atomic mass is 9.98. The minimum Gasteiger partial charge on any atom is -0.450 e. The van der Waals surface area contributed by atoms with Gasteiger partial charge in [-0.05, 0) is 31.9 Å². The number of thioether (sulfide) groups is 1. The first-order chi connectivity index (χ1) is 23.8. The zero-order chi connectivity index (χ0) is 36.0. The third kappa shape index (κ3) is 8.43. The third-order valence-electron chi connectivity index (χ3n) is 7.17. The van der Waals surface area contributed by atoms with Crippen LogP contribution in [0, 0.1) is 5.41 Å². The number of nitrogens with two attached hydrogens (primary N) is 1. The van der Waals surface area contributed by atoms with Crippen LogP contribution >= 0.6 is 34.7 Å². The van der Waals surface area contributed by atoms with E-state index < -0.39 is 66.1 Å². The fraction of sp³-hybridized carbons (Fsp3) is 0.303. The number of amides is 2. The molecule has 2 aromatic carbocycles. The van der Waals surface area contributed by atoms with Gasteiger partial charge in [0.25, 0.3) is 11.8 Å². The van der Waals surface area contributed by atoms with Crippen LogP contribution in [-0.2, 0) is 43.0 Å². The van der Waals surface area contributed by atoms with Gasteiger partial charge in [-0.3, -0.25) is 19.3 Å². The van der Waals surface area contributed by atoms with Crippen LogP contribution in [0.1, 0.15) is 43.7 Å². The van der Waals surface area contributed by atoms with Crippen molar-refractivity contribution in [2.45, 2.75) is 38.3 Å². The lowest BCUT2D eigenvalue weighted by Crippen LogP contribution is -2.71. The van der Waals surface area contributed by atoms with Crippen molar-refractivity contribution in [3.63, 3.8) is 0 Å². The van der Waals surface area contributed by atoms with Gasteiger partial charge in [0, 0.05) is 11.1 Å². The quantitative estimate of drug-likeness (QED) is 0.0902. The number of thiazole rings is 1. The van der Waals surface area contributed by atoms with Crippen LogP contribution in [0.15, 0.2) is 81.9 Å². The van der Waals surface area contributed by atoms with E-state index in [1.807, 2.05) is 60.7 Å². The summed E-state index contributed by atoms with van der Waals surface area (Å²) < 4.78 is 15.8. The van der Waals surface area contributed by atoms with Gasteiger partial charge in [0.1, 0.15) is 22.8 Å². The molecule has 0 spiro atoms. The van der Waals surface area contributed by atoms with Gasteiger partial charge in [-0.2, -0.15) is 0 Å². The molecule has 1 unspecified atom stereocenters. The summed E-state index contributed by atoms with van der Waals surface area (Å²) in [5, 5.41) is 7.40. The number of oxime groups is 1. The summed E-state index contributed by atoms with van der Waals surface area (Å²) in [6, 6.07) is 17.2. The Morgan fingerprint density at radius 2 is 1.70 bits per heavy atom. The third-order valence-corrected chi connectivity index (χ3v) is 9.59. The average Bonchev–Trinajstić information content (AvgIpc) is 3.53. The van der Waals surface area contributed by atoms with E-state index in [2.05, 4.69) is 15.5 Å². The van der Waals surface area contributed by atoms with Crippen LogP contribution in [0.2, 0.25) is 0 Å². The number of nitrogens with zero attached hydrogens (tertiary/aromatic N) is 3. The van der Waals surface area contributed by atoms with Gasteiger partial charge in [-0.15, -0.1) is 23.1 Å². The molecule has 3 N–H and O–H groups in total. The van der Waals surface area contributed by atoms with Crippen molar-refractivity contribution in [1.82, 2.24) is 15.2 Å². The Balaban J connectivity index is 1.24. The van der Waals surface area contributed by atoms with Crippen LogP contribution in [0.3, 0.4) is 0 Å². The maximum atomic E-state index is 13.5. The number of aromatic nitrogens is 1. The van der Waals surface area contributed by atoms with Gasteiger partial charge in [-0.1, -0.05) is 77.4 Å². The molecule has 3 aromatic rings. The van der Waals surface area contributed by atoms with Crippen LogP contribution in [0.25, 0.3) is 0 Å². The average molecular weight is 742 g/mol. The minimum atomic E-state index is -1.09. The molecular formula is C33H32ClN5O9S2. The van der Waals surface area contributed by atoms with Crippen LogP contribution < -0.4 is 11.1 Å². The number of hydrogen-bond acceptors (Lipinski definition) is 14. The zero-order valence-corrected chi connectivity index (χ0v) is 29.4. The summed E-state index contributed by atoms with van der Waals surface area (Å²) in [7, 11) is 0. The van der Waals surface area contributed by atoms with E-state index in [1.165, 1.54) is 17.1 Å². The number of nitrogens with one attached hydrogen (secondary N) is 1. The number of carbonyl (C=O) groups is 5. The molecule has 5 rings (SSSR count). The number of benzene rings is 2. The molecule has 17 heteroatoms. The number of hydrogen-bond donors (Lipinski definition) is 2. The molecule has 0 aliphatic carbocycles. The molecular weight excluding hydrogens is 710 g/mol. The van der Waals surface area contributed by atoms with Gasteiger partial charge in [0.15, 0.2) is 16.9 Å². The Morgan fingerprint density at radius 1 is 1.06 bits per heavy atom. The molecule has 1 aromatic heterocycles. The molecule has 50 heavy (non-hydrogen) atoms. The second-order valence-corrected chi connectivity index (χ2v) is 14.3. The van der Waals surface area contributed by atoms with Crippen molar-refractivity contribution in [3.8, 4) is 0 Å². The van der Waals surface area contributed by atoms with Crippen molar-refractivity contribution < 1.29 is 43.0 Å². The van der Waals surface area contributed by atoms with Crippen LogP contribution in [-0.4, -0.2) is 75.9 Å². The van der Waals surface area contributed by atoms with Crippen molar-refractivity contribution in [3.05, 3.63) is 93.6 Å². The smallest absolute Gasteiger partial charge is 0.359 e. The normalized spacial score (nSPS) is 17.4. The Morgan fingerprint density at radius 3 is 2.28 bits per heavy atom. The summed E-state index contributed by atoms with van der Waals surface area (Å²) >= 11 is 8.54. The molecule has 0 bridgehead atoms. The SMILES string of the molecule is CC(C)(C)C(=O)OCOC(=O)C1=C(Cl)CS[C@@H]2C(NC(=O)/C(=N/OCC(=O)OC(c3ccccc3)c3ccccc3)c3csc(N)n3)C(=O)N12. The number of anilines is 1.